The summed E-state index contributed by atoms with van der Waals surface area (Å²) >= 11 is 5.59. The van der Waals surface area contributed by atoms with Gasteiger partial charge < -0.3 is 4.74 Å². The zero-order chi connectivity index (χ0) is 13.7. The average molecular weight is 275 g/mol. The normalized spacial score (nSPS) is 9.84. The van der Waals surface area contributed by atoms with Gasteiger partial charge in [0.2, 0.25) is 0 Å². The molecule has 0 aliphatic rings. The summed E-state index contributed by atoms with van der Waals surface area (Å²) in [4.78, 5) is 0. The Bertz CT molecular complexity index is 623. The molecule has 0 saturated carbocycles. The molecule has 0 fully saturated rings. The van der Waals surface area contributed by atoms with E-state index in [1.165, 1.54) is 0 Å². The first-order valence-electron chi connectivity index (χ1n) is 5.95. The maximum absolute atomic E-state index is 5.79. The Balaban J connectivity index is 2.15. The van der Waals surface area contributed by atoms with Gasteiger partial charge in [0.05, 0.1) is 17.6 Å². The summed E-state index contributed by atoms with van der Waals surface area (Å²) in [6, 6.07) is 5.94. The number of aromatic nitrogens is 2. The molecule has 19 heavy (non-hydrogen) atoms. The summed E-state index contributed by atoms with van der Waals surface area (Å²) in [5, 5.41) is 4.11. The number of hydrogen-bond donors (Lipinski definition) is 0. The molecule has 1 heterocycles. The number of hydrogen-bond acceptors (Lipinski definition) is 2. The van der Waals surface area contributed by atoms with E-state index in [0.717, 1.165) is 22.4 Å². The van der Waals surface area contributed by atoms with E-state index in [-0.39, 0.29) is 0 Å². The molecule has 2 rings (SSSR count). The molecule has 1 aromatic carbocycles. The predicted molar refractivity (Wildman–Crippen MR) is 76.3 cm³/mol. The van der Waals surface area contributed by atoms with Crippen LogP contribution in [-0.4, -0.2) is 15.7 Å². The highest BCUT2D eigenvalue weighted by Gasteiger charge is 2.03. The fourth-order valence-electron chi connectivity index (χ4n) is 1.70. The number of ether oxygens (including phenoxy) is 1. The Morgan fingerprint density at radius 1 is 1.42 bits per heavy atom. The molecule has 3 nitrogen and oxygen atoms in total. The van der Waals surface area contributed by atoms with Gasteiger partial charge >= 0.3 is 0 Å². The van der Waals surface area contributed by atoms with E-state index >= 15 is 0 Å². The quantitative estimate of drug-likeness (QED) is 0.636. The van der Waals surface area contributed by atoms with Crippen molar-refractivity contribution in [3.05, 3.63) is 47.3 Å². The highest BCUT2D eigenvalue weighted by atomic mass is 35.5. The van der Waals surface area contributed by atoms with Gasteiger partial charge in [0.25, 0.3) is 0 Å². The van der Waals surface area contributed by atoms with Crippen molar-refractivity contribution >= 4 is 11.6 Å². The van der Waals surface area contributed by atoms with Gasteiger partial charge in [-0.25, -0.2) is 0 Å². The largest absolute Gasteiger partial charge is 0.487 e. The molecule has 0 saturated heterocycles. The molecule has 0 atom stereocenters. The second-order valence-corrected chi connectivity index (χ2v) is 4.51. The minimum Gasteiger partial charge on any atom is -0.487 e. The van der Waals surface area contributed by atoms with Crippen LogP contribution in [0.2, 0.25) is 0 Å². The molecule has 0 spiro atoms. The second kappa shape index (κ2) is 6.31. The zero-order valence-electron chi connectivity index (χ0n) is 11.0. The van der Waals surface area contributed by atoms with Crippen molar-refractivity contribution in [2.45, 2.75) is 13.5 Å². The Kier molecular flexibility index (Phi) is 4.48. The van der Waals surface area contributed by atoms with E-state index in [4.69, 9.17) is 16.3 Å². The summed E-state index contributed by atoms with van der Waals surface area (Å²) in [6.45, 7) is 2.50. The Hall–Kier alpha value is -1.92. The van der Waals surface area contributed by atoms with E-state index < -0.39 is 0 Å². The maximum atomic E-state index is 5.79. The van der Waals surface area contributed by atoms with E-state index in [2.05, 4.69) is 16.9 Å². The van der Waals surface area contributed by atoms with Crippen LogP contribution in [0.3, 0.4) is 0 Å². The van der Waals surface area contributed by atoms with Crippen molar-refractivity contribution in [1.29, 1.82) is 0 Å². The van der Waals surface area contributed by atoms with Crippen molar-refractivity contribution in [2.75, 3.05) is 5.88 Å². The predicted octanol–water partition coefficient (Wildman–Crippen LogP) is 2.90. The van der Waals surface area contributed by atoms with Gasteiger partial charge in [-0.15, -0.1) is 11.6 Å². The van der Waals surface area contributed by atoms with Gasteiger partial charge in [0.15, 0.2) is 0 Å². The number of benzene rings is 1. The summed E-state index contributed by atoms with van der Waals surface area (Å²) in [6.07, 6.45) is 3.72. The molecule has 98 valence electrons. The van der Waals surface area contributed by atoms with Crippen LogP contribution in [0.15, 0.2) is 30.6 Å². The third kappa shape index (κ3) is 3.77. The fourth-order valence-corrected chi connectivity index (χ4v) is 1.77. The van der Waals surface area contributed by atoms with Crippen molar-refractivity contribution < 1.29 is 4.74 Å². The molecule has 0 radical (unpaired) electrons. The molecule has 0 unspecified atom stereocenters. The summed E-state index contributed by atoms with van der Waals surface area (Å²) in [5.74, 6) is 6.96. The Labute approximate surface area is 118 Å². The summed E-state index contributed by atoms with van der Waals surface area (Å²) < 4.78 is 7.54. The van der Waals surface area contributed by atoms with Crippen molar-refractivity contribution in [2.24, 2.45) is 7.05 Å². The molecule has 0 bridgehead atoms. The van der Waals surface area contributed by atoms with Gasteiger partial charge in [0, 0.05) is 18.8 Å². The lowest BCUT2D eigenvalue weighted by atomic mass is 10.1. The monoisotopic (exact) mass is 274 g/mol. The van der Waals surface area contributed by atoms with Crippen LogP contribution in [0.4, 0.5) is 0 Å². The lowest BCUT2D eigenvalue weighted by molar-refractivity contribution is 0.305. The molecular formula is C15H15ClN2O. The third-order valence-corrected chi connectivity index (χ3v) is 2.71. The van der Waals surface area contributed by atoms with Crippen LogP contribution in [0.1, 0.15) is 16.7 Å². The van der Waals surface area contributed by atoms with Crippen molar-refractivity contribution in [3.8, 4) is 17.6 Å². The topological polar surface area (TPSA) is 27.1 Å². The van der Waals surface area contributed by atoms with Gasteiger partial charge in [-0.05, 0) is 24.6 Å². The number of rotatable bonds is 3. The van der Waals surface area contributed by atoms with Crippen LogP contribution in [0.5, 0.6) is 5.75 Å². The molecule has 4 heteroatoms. The van der Waals surface area contributed by atoms with Gasteiger partial charge in [-0.3, -0.25) is 4.68 Å². The molecular weight excluding hydrogens is 260 g/mol. The minimum atomic E-state index is 0.315. The highest BCUT2D eigenvalue weighted by Crippen LogP contribution is 2.20. The first kappa shape index (κ1) is 13.5. The Morgan fingerprint density at radius 2 is 2.26 bits per heavy atom. The zero-order valence-corrected chi connectivity index (χ0v) is 11.7. The molecule has 0 aliphatic heterocycles. The molecule has 0 N–H and O–H groups in total. The number of nitrogens with zero attached hydrogens (tertiary/aromatic N) is 2. The highest BCUT2D eigenvalue weighted by molar-refractivity contribution is 6.19. The molecule has 1 aromatic heterocycles. The third-order valence-electron chi connectivity index (χ3n) is 2.58. The lowest BCUT2D eigenvalue weighted by Gasteiger charge is -2.07. The average Bonchev–Trinajstić information content (AvgIpc) is 2.81. The van der Waals surface area contributed by atoms with Crippen LogP contribution in [0.25, 0.3) is 0 Å². The van der Waals surface area contributed by atoms with Gasteiger partial charge in [-0.2, -0.15) is 5.10 Å². The maximum Gasteiger partial charge on any atom is 0.135 e. The summed E-state index contributed by atoms with van der Waals surface area (Å²) in [5.41, 5.74) is 3.04. The molecule has 0 amide bonds. The first-order chi connectivity index (χ1) is 9.19. The number of aryl methyl sites for hydroxylation is 2. The molecule has 2 aromatic rings. The van der Waals surface area contributed by atoms with Crippen LogP contribution in [0, 0.1) is 18.8 Å². The van der Waals surface area contributed by atoms with Gasteiger partial charge in [-0.1, -0.05) is 17.9 Å². The number of alkyl halides is 1. The molecule has 0 aliphatic carbocycles. The smallest absolute Gasteiger partial charge is 0.135 e. The van der Waals surface area contributed by atoms with E-state index in [1.54, 1.807) is 10.9 Å². The standard InChI is InChI=1S/C15H15ClN2O/c1-12-5-6-15(14(8-12)4-3-7-16)19-11-13-9-17-18(2)10-13/h5-6,8-10H,7,11H2,1-2H3. The second-order valence-electron chi connectivity index (χ2n) is 4.25. The van der Waals surface area contributed by atoms with E-state index in [9.17, 15) is 0 Å². The SMILES string of the molecule is Cc1ccc(OCc2cnn(C)c2)c(C#CCCl)c1. The van der Waals surface area contributed by atoms with Crippen LogP contribution < -0.4 is 4.74 Å². The van der Waals surface area contributed by atoms with E-state index in [1.807, 2.05) is 38.4 Å². The minimum absolute atomic E-state index is 0.315. The van der Waals surface area contributed by atoms with Gasteiger partial charge in [0.1, 0.15) is 12.4 Å². The first-order valence-corrected chi connectivity index (χ1v) is 6.48. The van der Waals surface area contributed by atoms with Crippen LogP contribution in [-0.2, 0) is 13.7 Å². The van der Waals surface area contributed by atoms with Crippen LogP contribution >= 0.6 is 11.6 Å². The lowest BCUT2D eigenvalue weighted by Crippen LogP contribution is -1.97. The Morgan fingerprint density at radius 3 is 2.95 bits per heavy atom. The van der Waals surface area contributed by atoms with Crippen molar-refractivity contribution in [3.63, 3.8) is 0 Å². The van der Waals surface area contributed by atoms with E-state index in [0.29, 0.717) is 12.5 Å². The fraction of sp³-hybridized carbons (Fsp3) is 0.267. The van der Waals surface area contributed by atoms with Crippen molar-refractivity contribution in [1.82, 2.24) is 9.78 Å². The summed E-state index contributed by atoms with van der Waals surface area (Å²) in [7, 11) is 1.88. The number of halogens is 1.